The van der Waals surface area contributed by atoms with Crippen LogP contribution in [0.4, 0.5) is 5.69 Å². The zero-order chi connectivity index (χ0) is 50.1. The molecule has 1 amide bonds. The Morgan fingerprint density at radius 2 is 1.60 bits per heavy atom. The van der Waals surface area contributed by atoms with Crippen molar-refractivity contribution in [2.45, 2.75) is 118 Å². The monoisotopic (exact) mass is 942 g/mol. The second-order valence-corrected chi connectivity index (χ2v) is 18.8. The summed E-state index contributed by atoms with van der Waals surface area (Å²) in [6.45, 7) is 18.2. The van der Waals surface area contributed by atoms with E-state index in [9.17, 15) is 45.0 Å². The van der Waals surface area contributed by atoms with Gasteiger partial charge in [0.25, 0.3) is 11.7 Å². The van der Waals surface area contributed by atoms with Crippen LogP contribution < -0.4 is 10.1 Å². The van der Waals surface area contributed by atoms with Crippen LogP contribution in [-0.2, 0) is 30.3 Å². The second-order valence-electron chi connectivity index (χ2n) is 18.8. The van der Waals surface area contributed by atoms with Crippen molar-refractivity contribution in [3.8, 4) is 28.7 Å². The largest absolute Gasteiger partial charge is 0.508 e. The van der Waals surface area contributed by atoms with E-state index in [-0.39, 0.29) is 62.3 Å². The highest BCUT2D eigenvalue weighted by Crippen LogP contribution is 2.55. The summed E-state index contributed by atoms with van der Waals surface area (Å²) in [6, 6.07) is 6.72. The second kappa shape index (κ2) is 20.6. The van der Waals surface area contributed by atoms with E-state index in [1.165, 1.54) is 59.4 Å². The molecule has 0 saturated carbocycles. The molecule has 368 valence electrons. The number of carbonyl (C=O) groups is 3. The first-order valence-electron chi connectivity index (χ1n) is 22.9. The number of rotatable bonds is 6. The maximum atomic E-state index is 14.6. The van der Waals surface area contributed by atoms with Crippen molar-refractivity contribution in [1.82, 2.24) is 9.91 Å². The summed E-state index contributed by atoms with van der Waals surface area (Å²) < 4.78 is 23.8. The molecule has 0 spiro atoms. The average Bonchev–Trinajstić information content (AvgIpc) is 3.55. The van der Waals surface area contributed by atoms with Crippen LogP contribution in [0.15, 0.2) is 65.5 Å². The van der Waals surface area contributed by atoms with Crippen LogP contribution in [0.3, 0.4) is 0 Å². The lowest BCUT2D eigenvalue weighted by molar-refractivity contribution is -0.160. The van der Waals surface area contributed by atoms with Crippen LogP contribution in [0.2, 0.25) is 0 Å². The highest BCUT2D eigenvalue weighted by Gasteiger charge is 2.50. The number of aliphatic hydroxyl groups is 2. The average molecular weight is 943 g/mol. The first-order chi connectivity index (χ1) is 32.0. The van der Waals surface area contributed by atoms with Crippen LogP contribution in [0.1, 0.15) is 89.4 Å². The topological polar surface area (TPSA) is 240 Å². The van der Waals surface area contributed by atoms with Crippen molar-refractivity contribution >= 4 is 40.3 Å². The third-order valence-electron chi connectivity index (χ3n) is 13.6. The highest BCUT2D eigenvalue weighted by molar-refractivity contribution is 6.23. The lowest BCUT2D eigenvalue weighted by Gasteiger charge is -2.42. The number of phenolic OH excluding ortho intramolecular Hbond substituents is 4. The van der Waals surface area contributed by atoms with Gasteiger partial charge in [-0.25, -0.2) is 0 Å². The number of nitrogens with one attached hydrogen (secondary N) is 1. The lowest BCUT2D eigenvalue weighted by atomic mass is 9.78. The smallest absolute Gasteiger partial charge is 0.312 e. The van der Waals surface area contributed by atoms with Gasteiger partial charge in [-0.05, 0) is 51.5 Å². The molecular weight excluding hydrogens is 877 g/mol. The van der Waals surface area contributed by atoms with Gasteiger partial charge in [-0.3, -0.25) is 24.3 Å². The fraction of sp³-hybridized carbons (Fsp3) is 0.490. The molecule has 3 aromatic rings. The number of amides is 1. The number of aromatic hydroxyl groups is 4. The fourth-order valence-electron chi connectivity index (χ4n) is 9.69. The number of esters is 1. The van der Waals surface area contributed by atoms with Crippen LogP contribution >= 0.6 is 0 Å². The predicted octanol–water partition coefficient (Wildman–Crippen LogP) is 6.39. The van der Waals surface area contributed by atoms with Crippen molar-refractivity contribution in [3.05, 3.63) is 82.7 Å². The Morgan fingerprint density at radius 3 is 2.24 bits per heavy atom. The molecule has 11 atom stereocenters. The zero-order valence-corrected chi connectivity index (χ0v) is 40.6. The Kier molecular flexibility index (Phi) is 15.5. The fourth-order valence-corrected chi connectivity index (χ4v) is 9.69. The van der Waals surface area contributed by atoms with E-state index in [0.717, 1.165) is 5.56 Å². The molecule has 4 aliphatic heterocycles. The van der Waals surface area contributed by atoms with Crippen LogP contribution in [0, 0.1) is 30.6 Å². The van der Waals surface area contributed by atoms with E-state index in [2.05, 4.69) is 10.2 Å². The van der Waals surface area contributed by atoms with Crippen molar-refractivity contribution in [3.63, 3.8) is 0 Å². The Morgan fingerprint density at radius 1 is 0.926 bits per heavy atom. The molecule has 17 nitrogen and oxygen atoms in total. The van der Waals surface area contributed by atoms with Gasteiger partial charge in [-0.1, -0.05) is 58.1 Å². The van der Waals surface area contributed by atoms with Crippen molar-refractivity contribution in [1.29, 1.82) is 0 Å². The number of fused-ring (bicyclic) bond motifs is 14. The summed E-state index contributed by atoms with van der Waals surface area (Å²) in [4.78, 5) is 43.3. The van der Waals surface area contributed by atoms with Gasteiger partial charge in [0.2, 0.25) is 0 Å². The molecule has 0 aliphatic carbocycles. The van der Waals surface area contributed by atoms with E-state index in [1.807, 2.05) is 24.9 Å². The van der Waals surface area contributed by atoms with Crippen LogP contribution in [0.25, 0.3) is 10.8 Å². The molecule has 68 heavy (non-hydrogen) atoms. The Balaban J connectivity index is 1.48. The normalized spacial score (nSPS) is 29.8. The predicted molar refractivity (Wildman–Crippen MR) is 256 cm³/mol. The number of nitrogens with zero attached hydrogens (tertiary/aromatic N) is 3. The van der Waals surface area contributed by atoms with Crippen LogP contribution in [0.5, 0.6) is 28.7 Å². The number of benzene rings is 3. The number of carbonyl (C=O) groups excluding carboxylic acids is 3. The minimum absolute atomic E-state index is 0.0363. The number of phenols is 4. The van der Waals surface area contributed by atoms with Crippen LogP contribution in [-0.4, -0.2) is 127 Å². The summed E-state index contributed by atoms with van der Waals surface area (Å²) in [5, 5.41) is 78.1. The molecule has 0 radical (unpaired) electrons. The summed E-state index contributed by atoms with van der Waals surface area (Å²) >= 11 is 0. The zero-order valence-electron chi connectivity index (χ0n) is 40.6. The third-order valence-corrected chi connectivity index (χ3v) is 13.6. The molecule has 0 aromatic heterocycles. The molecular formula is C51H66N4O13. The van der Waals surface area contributed by atoms with Gasteiger partial charge in [0.05, 0.1) is 65.1 Å². The molecule has 17 heteroatoms. The molecule has 4 aliphatic rings. The quantitative estimate of drug-likeness (QED) is 0.0614. The first kappa shape index (κ1) is 51.3. The number of allylic oxidation sites excluding steroid dienone is 2. The van der Waals surface area contributed by atoms with E-state index >= 15 is 0 Å². The number of aliphatic hydroxyl groups excluding tert-OH is 2. The number of ketones is 1. The molecule has 5 bridgehead atoms. The SMILES string of the molecule is COC1C=COC2(C)Oc3c(C)c(O)c4c(O)c(c(/C=N/N5C(C)CN(Cc6cccc(O)c6)CC5C)c(O)c4c3C2=O)NC(=O)C(C)=CC=CC(C)C(O)C(C)C(O)C(C)C(OC(C)=O)C1C. The number of hydrogen-bond donors (Lipinski definition) is 7. The van der Waals surface area contributed by atoms with Gasteiger partial charge in [0, 0.05) is 80.8 Å². The number of methoxy groups -OCH3 is 1. The molecule has 1 fully saturated rings. The molecule has 7 N–H and O–H groups in total. The number of ether oxygens (including phenoxy) is 4. The minimum Gasteiger partial charge on any atom is -0.508 e. The van der Waals surface area contributed by atoms with Gasteiger partial charge in [-0.2, -0.15) is 5.10 Å². The van der Waals surface area contributed by atoms with E-state index in [0.29, 0.717) is 19.6 Å². The van der Waals surface area contributed by atoms with E-state index < -0.39 is 88.8 Å². The van der Waals surface area contributed by atoms with E-state index in [1.54, 1.807) is 58.0 Å². The number of hydrazone groups is 1. The molecule has 7 rings (SSSR count). The van der Waals surface area contributed by atoms with Gasteiger partial charge in [0.1, 0.15) is 29.1 Å². The molecule has 4 heterocycles. The van der Waals surface area contributed by atoms with Crippen molar-refractivity contribution in [2.24, 2.45) is 28.8 Å². The molecule has 1 saturated heterocycles. The van der Waals surface area contributed by atoms with Crippen molar-refractivity contribution in [2.75, 3.05) is 25.5 Å². The highest BCUT2D eigenvalue weighted by atomic mass is 16.7. The van der Waals surface area contributed by atoms with E-state index in [4.69, 9.17) is 24.0 Å². The Hall–Kier alpha value is -6.14. The maximum Gasteiger partial charge on any atom is 0.312 e. The summed E-state index contributed by atoms with van der Waals surface area (Å²) in [6.07, 6.45) is 4.77. The maximum absolute atomic E-state index is 14.6. The number of piperazine rings is 1. The molecule has 11 unspecified atom stereocenters. The summed E-state index contributed by atoms with van der Waals surface area (Å²) in [5.41, 5.74) is 0.454. The summed E-state index contributed by atoms with van der Waals surface area (Å²) in [5.74, 6) is -8.45. The lowest BCUT2D eigenvalue weighted by Crippen LogP contribution is -2.54. The Labute approximate surface area is 396 Å². The number of Topliss-reactive ketones (excluding diaryl/α,β-unsaturated/α-hetero) is 1. The minimum atomic E-state index is -2.08. The van der Waals surface area contributed by atoms with Gasteiger partial charge >= 0.3 is 11.8 Å². The van der Waals surface area contributed by atoms with Gasteiger partial charge in [0.15, 0.2) is 5.75 Å². The standard InChI is InChI=1S/C51H66N4O13/c1-25-14-12-15-26(2)50(64)53-41-36(21-52-55-27(3)22-54(23-28(55)4)24-34-16-13-17-35(57)20-34)45(61)38-39(46(41)62)44(60)32(8)48-40(38)49(63)51(10,68-48)66-19-18-37(65-11)29(5)47(67-33(9)56)31(7)43(59)30(6)42(25)58/h12-21,25,27-31,37,42-43,47,57-62H,22-24H2,1-11H3,(H,53,64)/b14-12?,19-18?,26-15?,52-21+. The van der Waals surface area contributed by atoms with Gasteiger partial charge < -0.3 is 54.9 Å². The van der Waals surface area contributed by atoms with Gasteiger partial charge in [-0.15, -0.1) is 0 Å². The molecule has 3 aromatic carbocycles. The first-order valence-corrected chi connectivity index (χ1v) is 22.9. The summed E-state index contributed by atoms with van der Waals surface area (Å²) in [7, 11) is 1.43. The van der Waals surface area contributed by atoms with Crippen molar-refractivity contribution < 1.29 is 64.0 Å². The number of anilines is 1. The number of hydrogen-bond acceptors (Lipinski definition) is 16. The third kappa shape index (κ3) is 10.2. The Bertz CT molecular complexity index is 2530.